The van der Waals surface area contributed by atoms with Gasteiger partial charge in [0.15, 0.2) is 5.13 Å². The van der Waals surface area contributed by atoms with Gasteiger partial charge in [0.05, 0.1) is 16.2 Å². The Balaban J connectivity index is 1.96. The van der Waals surface area contributed by atoms with E-state index in [9.17, 15) is 9.59 Å². The van der Waals surface area contributed by atoms with Gasteiger partial charge in [0.2, 0.25) is 0 Å². The number of carboxylic acids is 1. The van der Waals surface area contributed by atoms with Gasteiger partial charge in [-0.2, -0.15) is 0 Å². The molecule has 0 radical (unpaired) electrons. The second-order valence-corrected chi connectivity index (χ2v) is 9.07. The van der Waals surface area contributed by atoms with Gasteiger partial charge < -0.3 is 10.0 Å². The molecular formula is C17H27N3O3S2. The Labute approximate surface area is 157 Å². The first-order chi connectivity index (χ1) is 12.0. The summed E-state index contributed by atoms with van der Waals surface area (Å²) in [5, 5.41) is 12.2. The number of carbonyl (C=O) groups is 2. The molecule has 1 aliphatic carbocycles. The zero-order valence-corrected chi connectivity index (χ0v) is 16.5. The molecule has 2 N–H and O–H groups in total. The lowest BCUT2D eigenvalue weighted by atomic mass is 9.94. The molecule has 2 amide bonds. The number of rotatable bonds is 8. The minimum Gasteiger partial charge on any atom is -0.481 e. The summed E-state index contributed by atoms with van der Waals surface area (Å²) in [5.74, 6) is -0.308. The van der Waals surface area contributed by atoms with Crippen molar-refractivity contribution in [2.45, 2.75) is 62.6 Å². The van der Waals surface area contributed by atoms with Crippen LogP contribution in [0.5, 0.6) is 0 Å². The standard InChI is InChI=1S/C17H27N3O3S2/c1-12(2)8-9-20(13-6-4-3-5-7-13)17(23)19-16-18-10-15(25-16)24-11-14(21)22/h10,12-13H,3-9,11H2,1-2H3,(H,21,22)(H,18,19,23). The molecule has 0 bridgehead atoms. The van der Waals surface area contributed by atoms with Gasteiger partial charge >= 0.3 is 12.0 Å². The molecule has 1 saturated carbocycles. The number of anilines is 1. The molecule has 140 valence electrons. The molecule has 0 aromatic carbocycles. The third-order valence-corrected chi connectivity index (χ3v) is 6.35. The third kappa shape index (κ3) is 6.86. The summed E-state index contributed by atoms with van der Waals surface area (Å²) >= 11 is 2.54. The molecular weight excluding hydrogens is 358 g/mol. The number of thiazole rings is 1. The highest BCUT2D eigenvalue weighted by Crippen LogP contribution is 2.29. The van der Waals surface area contributed by atoms with E-state index < -0.39 is 5.97 Å². The Morgan fingerprint density at radius 1 is 1.40 bits per heavy atom. The second-order valence-electron chi connectivity index (χ2n) is 6.76. The number of aromatic nitrogens is 1. The number of hydrogen-bond donors (Lipinski definition) is 2. The van der Waals surface area contributed by atoms with E-state index in [1.54, 1.807) is 6.20 Å². The van der Waals surface area contributed by atoms with Crippen molar-refractivity contribution in [2.24, 2.45) is 5.92 Å². The topological polar surface area (TPSA) is 82.5 Å². The maximum Gasteiger partial charge on any atom is 0.323 e. The summed E-state index contributed by atoms with van der Waals surface area (Å²) < 4.78 is 0.795. The Bertz CT molecular complexity index is 571. The summed E-state index contributed by atoms with van der Waals surface area (Å²) in [6.07, 6.45) is 8.38. The van der Waals surface area contributed by atoms with Crippen LogP contribution in [0.25, 0.3) is 0 Å². The van der Waals surface area contributed by atoms with Crippen LogP contribution in [-0.2, 0) is 4.79 Å². The summed E-state index contributed by atoms with van der Waals surface area (Å²) in [6.45, 7) is 5.10. The smallest absolute Gasteiger partial charge is 0.323 e. The molecule has 0 aliphatic heterocycles. The fourth-order valence-corrected chi connectivity index (χ4v) is 4.50. The largest absolute Gasteiger partial charge is 0.481 e. The van der Waals surface area contributed by atoms with Crippen LogP contribution < -0.4 is 5.32 Å². The molecule has 1 fully saturated rings. The minimum absolute atomic E-state index is 0.00182. The summed E-state index contributed by atoms with van der Waals surface area (Å²) in [6, 6.07) is 0.227. The number of carboxylic acid groups (broad SMARTS) is 1. The average Bonchev–Trinajstić information content (AvgIpc) is 3.01. The molecule has 1 heterocycles. The van der Waals surface area contributed by atoms with Gasteiger partial charge in [0, 0.05) is 12.6 Å². The van der Waals surface area contributed by atoms with E-state index in [4.69, 9.17) is 5.11 Å². The van der Waals surface area contributed by atoms with Crippen LogP contribution in [-0.4, -0.2) is 45.3 Å². The highest BCUT2D eigenvalue weighted by atomic mass is 32.2. The van der Waals surface area contributed by atoms with E-state index in [1.165, 1.54) is 42.4 Å². The number of aliphatic carboxylic acids is 1. The number of nitrogens with zero attached hydrogens (tertiary/aromatic N) is 2. The Kier molecular flexibility index (Phi) is 8.02. The number of urea groups is 1. The Morgan fingerprint density at radius 2 is 2.12 bits per heavy atom. The van der Waals surface area contributed by atoms with E-state index in [1.807, 2.05) is 4.90 Å². The molecule has 25 heavy (non-hydrogen) atoms. The van der Waals surface area contributed by atoms with E-state index in [-0.39, 0.29) is 11.8 Å². The predicted octanol–water partition coefficient (Wildman–Crippen LogP) is 4.53. The quantitative estimate of drug-likeness (QED) is 0.642. The van der Waals surface area contributed by atoms with E-state index in [2.05, 4.69) is 24.1 Å². The van der Waals surface area contributed by atoms with Crippen LogP contribution in [0.15, 0.2) is 10.4 Å². The first kappa shape index (κ1) is 20.0. The molecule has 2 rings (SSSR count). The predicted molar refractivity (Wildman–Crippen MR) is 103 cm³/mol. The third-order valence-electron chi connectivity index (χ3n) is 4.26. The maximum absolute atomic E-state index is 12.8. The van der Waals surface area contributed by atoms with Crippen molar-refractivity contribution < 1.29 is 14.7 Å². The normalized spacial score (nSPS) is 15.3. The second kappa shape index (κ2) is 10.0. The van der Waals surface area contributed by atoms with Gasteiger partial charge in [-0.1, -0.05) is 44.4 Å². The summed E-state index contributed by atoms with van der Waals surface area (Å²) in [7, 11) is 0. The molecule has 0 atom stereocenters. The van der Waals surface area contributed by atoms with Crippen LogP contribution in [0.1, 0.15) is 52.4 Å². The fourth-order valence-electron chi connectivity index (χ4n) is 2.92. The number of hydrogen-bond acceptors (Lipinski definition) is 5. The average molecular weight is 386 g/mol. The molecule has 8 heteroatoms. The van der Waals surface area contributed by atoms with Gasteiger partial charge in [-0.25, -0.2) is 9.78 Å². The van der Waals surface area contributed by atoms with Crippen molar-refractivity contribution in [3.05, 3.63) is 6.20 Å². The van der Waals surface area contributed by atoms with Gasteiger partial charge in [-0.15, -0.1) is 11.8 Å². The van der Waals surface area contributed by atoms with E-state index >= 15 is 0 Å². The van der Waals surface area contributed by atoms with Gasteiger partial charge in [0.1, 0.15) is 0 Å². The van der Waals surface area contributed by atoms with Crippen LogP contribution >= 0.6 is 23.1 Å². The monoisotopic (exact) mass is 385 g/mol. The molecule has 0 saturated heterocycles. The lowest BCUT2D eigenvalue weighted by Gasteiger charge is -2.34. The van der Waals surface area contributed by atoms with Crippen LogP contribution in [0.4, 0.5) is 9.93 Å². The zero-order valence-electron chi connectivity index (χ0n) is 14.9. The molecule has 0 unspecified atom stereocenters. The Morgan fingerprint density at radius 3 is 2.76 bits per heavy atom. The zero-order chi connectivity index (χ0) is 18.2. The van der Waals surface area contributed by atoms with E-state index in [0.29, 0.717) is 17.1 Å². The van der Waals surface area contributed by atoms with Crippen LogP contribution in [0.2, 0.25) is 0 Å². The van der Waals surface area contributed by atoms with Gasteiger partial charge in [-0.3, -0.25) is 10.1 Å². The van der Waals surface area contributed by atoms with E-state index in [0.717, 1.165) is 30.0 Å². The molecule has 1 aromatic rings. The first-order valence-electron chi connectivity index (χ1n) is 8.83. The number of carbonyl (C=O) groups excluding carboxylic acids is 1. The van der Waals surface area contributed by atoms with Crippen molar-refractivity contribution in [3.63, 3.8) is 0 Å². The molecule has 0 spiro atoms. The molecule has 1 aliphatic rings. The fraction of sp³-hybridized carbons (Fsp3) is 0.706. The highest BCUT2D eigenvalue weighted by Gasteiger charge is 2.26. The number of amides is 2. The minimum atomic E-state index is -0.860. The highest BCUT2D eigenvalue weighted by molar-refractivity contribution is 8.01. The molecule has 6 nitrogen and oxygen atoms in total. The van der Waals surface area contributed by atoms with Gasteiger partial charge in [0.25, 0.3) is 0 Å². The van der Waals surface area contributed by atoms with Crippen LogP contribution in [0, 0.1) is 5.92 Å². The van der Waals surface area contributed by atoms with Crippen molar-refractivity contribution in [1.29, 1.82) is 0 Å². The van der Waals surface area contributed by atoms with Gasteiger partial charge in [-0.05, 0) is 25.2 Å². The van der Waals surface area contributed by atoms with Crippen molar-refractivity contribution in [3.8, 4) is 0 Å². The molecule has 1 aromatic heterocycles. The maximum atomic E-state index is 12.8. The summed E-state index contributed by atoms with van der Waals surface area (Å²) in [5.41, 5.74) is 0. The summed E-state index contributed by atoms with van der Waals surface area (Å²) in [4.78, 5) is 29.6. The van der Waals surface area contributed by atoms with Crippen molar-refractivity contribution in [1.82, 2.24) is 9.88 Å². The Hall–Kier alpha value is -1.28. The lowest BCUT2D eigenvalue weighted by molar-refractivity contribution is -0.133. The van der Waals surface area contributed by atoms with Crippen LogP contribution in [0.3, 0.4) is 0 Å². The van der Waals surface area contributed by atoms with Crippen molar-refractivity contribution >= 4 is 40.2 Å². The number of thioether (sulfide) groups is 1. The number of nitrogens with one attached hydrogen (secondary N) is 1. The van der Waals surface area contributed by atoms with Crippen molar-refractivity contribution in [2.75, 3.05) is 17.6 Å². The SMILES string of the molecule is CC(C)CCN(C(=O)Nc1ncc(SCC(=O)O)s1)C1CCCCC1. The lowest BCUT2D eigenvalue weighted by Crippen LogP contribution is -2.44. The first-order valence-corrected chi connectivity index (χ1v) is 10.6.